The lowest BCUT2D eigenvalue weighted by atomic mass is 9.93. The maximum absolute atomic E-state index is 11.7. The maximum Gasteiger partial charge on any atom is 0.345 e. The summed E-state index contributed by atoms with van der Waals surface area (Å²) in [5.74, 6) is -1.20. The van der Waals surface area contributed by atoms with Crippen LogP contribution in [0.1, 0.15) is 18.4 Å². The summed E-state index contributed by atoms with van der Waals surface area (Å²) in [6.07, 6.45) is 0. The lowest BCUT2D eigenvalue weighted by Crippen LogP contribution is -2.10. The van der Waals surface area contributed by atoms with Crippen LogP contribution in [0.2, 0.25) is 0 Å². The van der Waals surface area contributed by atoms with Crippen molar-refractivity contribution in [3.05, 3.63) is 53.3 Å². The number of carbonyl (C=O) groups is 2. The van der Waals surface area contributed by atoms with E-state index < -0.39 is 17.7 Å². The lowest BCUT2D eigenvalue weighted by molar-refractivity contribution is -0.135. The molecule has 0 aromatic heterocycles. The fraction of sp³-hybridized carbons (Fsp3) is 0.222. The van der Waals surface area contributed by atoms with Crippen molar-refractivity contribution >= 4 is 22.5 Å². The van der Waals surface area contributed by atoms with Gasteiger partial charge in [-0.05, 0) is 28.5 Å². The summed E-state index contributed by atoms with van der Waals surface area (Å²) in [7, 11) is 1.61. The third-order valence-electron chi connectivity index (χ3n) is 4.06. The van der Waals surface area contributed by atoms with E-state index in [9.17, 15) is 14.7 Å². The van der Waals surface area contributed by atoms with Crippen LogP contribution < -0.4 is 4.74 Å². The van der Waals surface area contributed by atoms with Crippen molar-refractivity contribution in [2.45, 2.75) is 12.8 Å². The van der Waals surface area contributed by atoms with Gasteiger partial charge >= 0.3 is 5.97 Å². The summed E-state index contributed by atoms with van der Waals surface area (Å²) in [4.78, 5) is 23.2. The number of hydrogen-bond acceptors (Lipinski definition) is 5. The van der Waals surface area contributed by atoms with E-state index in [-0.39, 0.29) is 17.9 Å². The van der Waals surface area contributed by atoms with Gasteiger partial charge in [-0.1, -0.05) is 31.2 Å². The summed E-state index contributed by atoms with van der Waals surface area (Å²) in [6, 6.07) is 11.4. The van der Waals surface area contributed by atoms with Gasteiger partial charge in [0.05, 0.1) is 7.11 Å². The number of carbonyl (C=O) groups excluding carboxylic acids is 2. The molecule has 2 aromatic carbocycles. The number of cyclic esters (lactones) is 1. The molecule has 0 radical (unpaired) electrons. The van der Waals surface area contributed by atoms with E-state index in [1.54, 1.807) is 14.0 Å². The highest BCUT2D eigenvalue weighted by molar-refractivity contribution is 6.22. The quantitative estimate of drug-likeness (QED) is 0.408. The number of hydrogen-bond donors (Lipinski definition) is 1. The van der Waals surface area contributed by atoms with Crippen LogP contribution in [-0.4, -0.2) is 30.6 Å². The summed E-state index contributed by atoms with van der Waals surface area (Å²) in [5, 5.41) is 12.3. The molecular formula is C18H16O5. The van der Waals surface area contributed by atoms with Gasteiger partial charge in [0, 0.05) is 5.92 Å². The van der Waals surface area contributed by atoms with Gasteiger partial charge < -0.3 is 14.6 Å². The van der Waals surface area contributed by atoms with E-state index in [1.807, 2.05) is 36.4 Å². The zero-order valence-corrected chi connectivity index (χ0v) is 12.8. The molecule has 0 amide bonds. The lowest BCUT2D eigenvalue weighted by Gasteiger charge is -2.13. The van der Waals surface area contributed by atoms with E-state index in [2.05, 4.69) is 4.74 Å². The van der Waals surface area contributed by atoms with E-state index in [1.165, 1.54) is 0 Å². The average Bonchev–Trinajstić information content (AvgIpc) is 2.91. The molecule has 3 rings (SSSR count). The molecule has 1 aliphatic heterocycles. The molecule has 118 valence electrons. The van der Waals surface area contributed by atoms with Gasteiger partial charge in [0.15, 0.2) is 6.61 Å². The Kier molecular flexibility index (Phi) is 3.78. The van der Waals surface area contributed by atoms with Crippen LogP contribution in [0.15, 0.2) is 47.7 Å². The molecule has 1 atom stereocenters. The first kappa shape index (κ1) is 15.1. The first-order valence-corrected chi connectivity index (χ1v) is 7.22. The first-order valence-electron chi connectivity index (χ1n) is 7.22. The number of esters is 1. The number of allylic oxidation sites excluding steroid dienone is 1. The topological polar surface area (TPSA) is 72.8 Å². The van der Waals surface area contributed by atoms with Crippen molar-refractivity contribution in [3.63, 3.8) is 0 Å². The highest BCUT2D eigenvalue weighted by atomic mass is 16.5. The number of aliphatic hydroxyl groups is 1. The van der Waals surface area contributed by atoms with Gasteiger partial charge in [-0.25, -0.2) is 4.79 Å². The second kappa shape index (κ2) is 5.76. The summed E-state index contributed by atoms with van der Waals surface area (Å²) in [6.45, 7) is 1.44. The molecule has 1 aliphatic rings. The van der Waals surface area contributed by atoms with Crippen LogP contribution in [0.25, 0.3) is 10.8 Å². The number of fused-ring (bicyclic) bond motifs is 1. The van der Waals surface area contributed by atoms with Crippen LogP contribution in [0.3, 0.4) is 0 Å². The minimum atomic E-state index is -0.759. The Bertz CT molecular complexity index is 816. The van der Waals surface area contributed by atoms with Crippen LogP contribution in [-0.2, 0) is 14.3 Å². The van der Waals surface area contributed by atoms with Gasteiger partial charge in [-0.3, -0.25) is 4.79 Å². The van der Waals surface area contributed by atoms with Crippen molar-refractivity contribution in [2.75, 3.05) is 13.7 Å². The highest BCUT2D eigenvalue weighted by Gasteiger charge is 2.33. The third kappa shape index (κ3) is 2.65. The molecule has 2 aromatic rings. The van der Waals surface area contributed by atoms with E-state index in [0.717, 1.165) is 22.1 Å². The van der Waals surface area contributed by atoms with Gasteiger partial charge in [0.1, 0.15) is 17.1 Å². The average molecular weight is 312 g/mol. The normalized spacial score (nSPS) is 18.0. The minimum absolute atomic E-state index is 0.243. The van der Waals surface area contributed by atoms with Gasteiger partial charge in [-0.15, -0.1) is 0 Å². The maximum atomic E-state index is 11.7. The predicted molar refractivity (Wildman–Crippen MR) is 84.5 cm³/mol. The first-order chi connectivity index (χ1) is 11.0. The van der Waals surface area contributed by atoms with Crippen molar-refractivity contribution in [1.82, 2.24) is 0 Å². The summed E-state index contributed by atoms with van der Waals surface area (Å²) >= 11 is 0. The van der Waals surface area contributed by atoms with Crippen LogP contribution >= 0.6 is 0 Å². The zero-order valence-electron chi connectivity index (χ0n) is 12.8. The third-order valence-corrected chi connectivity index (χ3v) is 4.06. The Balaban J connectivity index is 2.01. The monoisotopic (exact) mass is 312 g/mol. The largest absolute Gasteiger partial charge is 0.511 e. The number of Topliss-reactive ketones (excluding diaryl/α,β-unsaturated/α-hetero) is 1. The second-order valence-corrected chi connectivity index (χ2v) is 5.45. The summed E-state index contributed by atoms with van der Waals surface area (Å²) < 4.78 is 9.85. The highest BCUT2D eigenvalue weighted by Crippen LogP contribution is 2.30. The van der Waals surface area contributed by atoms with E-state index in [0.29, 0.717) is 0 Å². The van der Waals surface area contributed by atoms with Crippen molar-refractivity contribution < 1.29 is 24.2 Å². The molecule has 0 bridgehead atoms. The number of ketones is 1. The summed E-state index contributed by atoms with van der Waals surface area (Å²) in [5.41, 5.74) is 0.562. The van der Waals surface area contributed by atoms with Gasteiger partial charge in [-0.2, -0.15) is 0 Å². The number of ether oxygens (including phenoxy) is 2. The smallest absolute Gasteiger partial charge is 0.345 e. The number of benzene rings is 2. The van der Waals surface area contributed by atoms with Gasteiger partial charge in [0.2, 0.25) is 5.78 Å². The van der Waals surface area contributed by atoms with Crippen LogP contribution in [0.5, 0.6) is 5.75 Å². The minimum Gasteiger partial charge on any atom is -0.511 e. The molecule has 0 unspecified atom stereocenters. The Morgan fingerprint density at radius 2 is 1.87 bits per heavy atom. The molecule has 0 spiro atoms. The molecule has 1 heterocycles. The Labute approximate surface area is 133 Å². The number of rotatable bonds is 3. The molecule has 1 N–H and O–H groups in total. The van der Waals surface area contributed by atoms with Gasteiger partial charge in [0.25, 0.3) is 0 Å². The van der Waals surface area contributed by atoms with E-state index in [4.69, 9.17) is 4.74 Å². The molecular weight excluding hydrogens is 296 g/mol. The molecule has 0 aliphatic carbocycles. The number of aliphatic hydroxyl groups excluding tert-OH is 1. The standard InChI is InChI=1S/C18H16O5/c1-10(17(20)16-15(19)9-23-18(16)21)11-3-4-13-8-14(22-2)6-5-12(13)7-11/h3-8,10,20H,9H2,1-2H3/b17-16+/t10-/m0/s1. The number of methoxy groups -OCH3 is 1. The molecule has 1 fully saturated rings. The fourth-order valence-electron chi connectivity index (χ4n) is 2.65. The van der Waals surface area contributed by atoms with Crippen molar-refractivity contribution in [2.24, 2.45) is 0 Å². The predicted octanol–water partition coefficient (Wildman–Crippen LogP) is 2.89. The van der Waals surface area contributed by atoms with E-state index >= 15 is 0 Å². The van der Waals surface area contributed by atoms with Crippen LogP contribution in [0.4, 0.5) is 0 Å². The molecule has 0 saturated carbocycles. The Morgan fingerprint density at radius 1 is 1.17 bits per heavy atom. The zero-order chi connectivity index (χ0) is 16.6. The Hall–Kier alpha value is -2.82. The SMILES string of the molecule is COc1ccc2cc([C@H](C)/C(O)=C3/C(=O)COC3=O)ccc2c1. The van der Waals surface area contributed by atoms with Crippen molar-refractivity contribution in [1.29, 1.82) is 0 Å². The molecule has 5 heteroatoms. The van der Waals surface area contributed by atoms with Crippen molar-refractivity contribution in [3.8, 4) is 5.75 Å². The molecule has 23 heavy (non-hydrogen) atoms. The molecule has 5 nitrogen and oxygen atoms in total. The Morgan fingerprint density at radius 3 is 2.52 bits per heavy atom. The second-order valence-electron chi connectivity index (χ2n) is 5.45. The fourth-order valence-corrected chi connectivity index (χ4v) is 2.65. The molecule has 1 saturated heterocycles. The van der Waals surface area contributed by atoms with Crippen LogP contribution in [0, 0.1) is 0 Å².